The lowest BCUT2D eigenvalue weighted by molar-refractivity contribution is 0.330. The van der Waals surface area contributed by atoms with E-state index in [1.807, 2.05) is 26.1 Å². The number of benzene rings is 1. The molecule has 1 aromatic rings. The smallest absolute Gasteiger partial charge is 0.130 e. The van der Waals surface area contributed by atoms with Crippen molar-refractivity contribution in [2.75, 3.05) is 21.3 Å². The van der Waals surface area contributed by atoms with Gasteiger partial charge in [-0.1, -0.05) is 0 Å². The lowest BCUT2D eigenvalue weighted by Gasteiger charge is -2.33. The molecule has 1 atom stereocenters. The van der Waals surface area contributed by atoms with E-state index in [0.717, 1.165) is 22.6 Å². The second kappa shape index (κ2) is 5.59. The number of nitrogens with two attached hydrogens (primary N) is 1. The van der Waals surface area contributed by atoms with E-state index in [2.05, 4.69) is 19.2 Å². The average molecular weight is 252 g/mol. The highest BCUT2D eigenvalue weighted by molar-refractivity contribution is 5.51. The van der Waals surface area contributed by atoms with Crippen LogP contribution >= 0.6 is 0 Å². The van der Waals surface area contributed by atoms with Crippen molar-refractivity contribution in [2.45, 2.75) is 32.4 Å². The number of methoxy groups -OCH3 is 2. The molecule has 3 N–H and O–H groups in total. The highest BCUT2D eigenvalue weighted by Gasteiger charge is 2.29. The van der Waals surface area contributed by atoms with Crippen molar-refractivity contribution >= 4 is 0 Å². The summed E-state index contributed by atoms with van der Waals surface area (Å²) in [5, 5.41) is 3.23. The van der Waals surface area contributed by atoms with Gasteiger partial charge in [0.05, 0.1) is 20.3 Å². The molecule has 0 spiro atoms. The number of nitrogens with one attached hydrogen (secondary N) is 1. The van der Waals surface area contributed by atoms with Gasteiger partial charge in [0, 0.05) is 16.7 Å². The molecule has 0 aliphatic heterocycles. The van der Waals surface area contributed by atoms with E-state index in [1.54, 1.807) is 14.2 Å². The van der Waals surface area contributed by atoms with E-state index in [0.29, 0.717) is 0 Å². The molecule has 4 heteroatoms. The zero-order valence-corrected chi connectivity index (χ0v) is 12.1. The van der Waals surface area contributed by atoms with Crippen molar-refractivity contribution in [3.63, 3.8) is 0 Å². The van der Waals surface area contributed by atoms with Crippen LogP contribution in [0.25, 0.3) is 0 Å². The number of hydrogen-bond donors (Lipinski definition) is 2. The Morgan fingerprint density at radius 3 is 2.28 bits per heavy atom. The van der Waals surface area contributed by atoms with Crippen molar-refractivity contribution in [3.05, 3.63) is 23.3 Å². The van der Waals surface area contributed by atoms with Crippen LogP contribution in [0.2, 0.25) is 0 Å². The van der Waals surface area contributed by atoms with Crippen LogP contribution in [0.15, 0.2) is 12.1 Å². The second-order valence-corrected chi connectivity index (χ2v) is 4.96. The fraction of sp³-hybridized carbons (Fsp3) is 0.571. The highest BCUT2D eigenvalue weighted by atomic mass is 16.5. The van der Waals surface area contributed by atoms with E-state index < -0.39 is 0 Å². The number of ether oxygens (including phenoxy) is 2. The van der Waals surface area contributed by atoms with Crippen molar-refractivity contribution in [3.8, 4) is 11.5 Å². The first-order chi connectivity index (χ1) is 8.38. The van der Waals surface area contributed by atoms with Crippen molar-refractivity contribution < 1.29 is 9.47 Å². The quantitative estimate of drug-likeness (QED) is 0.841. The van der Waals surface area contributed by atoms with Crippen LogP contribution in [0, 0.1) is 6.92 Å². The van der Waals surface area contributed by atoms with Gasteiger partial charge in [-0.3, -0.25) is 0 Å². The topological polar surface area (TPSA) is 56.5 Å². The van der Waals surface area contributed by atoms with Gasteiger partial charge in [-0.05, 0) is 40.0 Å². The van der Waals surface area contributed by atoms with Crippen LogP contribution in [-0.2, 0) is 0 Å². The van der Waals surface area contributed by atoms with Gasteiger partial charge in [0.2, 0.25) is 0 Å². The third-order valence-electron chi connectivity index (χ3n) is 3.57. The van der Waals surface area contributed by atoms with Gasteiger partial charge in [0.25, 0.3) is 0 Å². The van der Waals surface area contributed by atoms with Crippen molar-refractivity contribution in [1.29, 1.82) is 0 Å². The van der Waals surface area contributed by atoms with Crippen LogP contribution < -0.4 is 20.5 Å². The van der Waals surface area contributed by atoms with E-state index in [1.165, 1.54) is 0 Å². The largest absolute Gasteiger partial charge is 0.496 e. The minimum Gasteiger partial charge on any atom is -0.496 e. The van der Waals surface area contributed by atoms with E-state index in [-0.39, 0.29) is 11.6 Å². The van der Waals surface area contributed by atoms with Crippen LogP contribution in [0.1, 0.15) is 31.0 Å². The average Bonchev–Trinajstić information content (AvgIpc) is 2.37. The Labute approximate surface area is 109 Å². The zero-order chi connectivity index (χ0) is 13.9. The van der Waals surface area contributed by atoms with Crippen molar-refractivity contribution in [2.24, 2.45) is 5.73 Å². The molecule has 0 aliphatic rings. The normalized spacial score (nSPS) is 13.3. The Bertz CT molecular complexity index is 417. The summed E-state index contributed by atoms with van der Waals surface area (Å²) in [6, 6.07) is 3.73. The summed E-state index contributed by atoms with van der Waals surface area (Å²) in [5.74, 6) is 1.61. The molecule has 0 aliphatic carbocycles. The van der Waals surface area contributed by atoms with Gasteiger partial charge in [-0.2, -0.15) is 0 Å². The Balaban J connectivity index is 3.29. The lowest BCUT2D eigenvalue weighted by Crippen LogP contribution is -2.46. The minimum absolute atomic E-state index is 0.165. The lowest BCUT2D eigenvalue weighted by atomic mass is 9.88. The Kier molecular flexibility index (Phi) is 4.59. The van der Waals surface area contributed by atoms with E-state index >= 15 is 0 Å². The minimum atomic E-state index is -0.214. The molecule has 0 radical (unpaired) electrons. The summed E-state index contributed by atoms with van der Waals surface area (Å²) in [6.45, 7) is 6.10. The summed E-state index contributed by atoms with van der Waals surface area (Å²) < 4.78 is 10.8. The van der Waals surface area contributed by atoms with E-state index in [9.17, 15) is 0 Å². The molecule has 0 saturated carbocycles. The van der Waals surface area contributed by atoms with Crippen LogP contribution in [0.4, 0.5) is 0 Å². The van der Waals surface area contributed by atoms with Gasteiger partial charge in [0.15, 0.2) is 0 Å². The number of likely N-dealkylation sites (N-methyl/N-ethyl adjacent to an activating group) is 1. The predicted octanol–water partition coefficient (Wildman–Crippen LogP) is 2.01. The highest BCUT2D eigenvalue weighted by Crippen LogP contribution is 2.37. The molecule has 0 aromatic heterocycles. The summed E-state index contributed by atoms with van der Waals surface area (Å²) in [6.07, 6.45) is 0. The molecule has 0 amide bonds. The van der Waals surface area contributed by atoms with Gasteiger partial charge in [-0.25, -0.2) is 0 Å². The molecule has 0 saturated heterocycles. The maximum Gasteiger partial charge on any atom is 0.130 e. The molecule has 18 heavy (non-hydrogen) atoms. The Morgan fingerprint density at radius 1 is 1.22 bits per heavy atom. The Morgan fingerprint density at radius 2 is 1.83 bits per heavy atom. The first kappa shape index (κ1) is 14.8. The fourth-order valence-electron chi connectivity index (χ4n) is 1.98. The molecule has 1 aromatic carbocycles. The second-order valence-electron chi connectivity index (χ2n) is 4.96. The van der Waals surface area contributed by atoms with Gasteiger partial charge in [-0.15, -0.1) is 0 Å². The van der Waals surface area contributed by atoms with Gasteiger partial charge < -0.3 is 20.5 Å². The Hall–Kier alpha value is -1.26. The molecular formula is C14H24N2O2. The first-order valence-electron chi connectivity index (χ1n) is 6.05. The number of rotatable bonds is 5. The molecule has 0 fully saturated rings. The van der Waals surface area contributed by atoms with Gasteiger partial charge >= 0.3 is 0 Å². The van der Waals surface area contributed by atoms with Gasteiger partial charge in [0.1, 0.15) is 11.5 Å². The third kappa shape index (κ3) is 2.60. The van der Waals surface area contributed by atoms with Crippen LogP contribution in [0.5, 0.6) is 11.5 Å². The third-order valence-corrected chi connectivity index (χ3v) is 3.57. The summed E-state index contributed by atoms with van der Waals surface area (Å²) in [4.78, 5) is 0. The molecule has 0 heterocycles. The van der Waals surface area contributed by atoms with Crippen LogP contribution in [-0.4, -0.2) is 26.8 Å². The molecule has 1 unspecified atom stereocenters. The zero-order valence-electron chi connectivity index (χ0n) is 12.1. The summed E-state index contributed by atoms with van der Waals surface area (Å²) >= 11 is 0. The standard InChI is InChI=1S/C14H24N2O2/c1-9-11(17-5)8-7-10(12(9)18-6)13(15)14(2,3)16-4/h7-8,13,16H,15H2,1-6H3. The van der Waals surface area contributed by atoms with Crippen molar-refractivity contribution in [1.82, 2.24) is 5.32 Å². The molecule has 102 valence electrons. The fourth-order valence-corrected chi connectivity index (χ4v) is 1.98. The molecule has 1 rings (SSSR count). The molecular weight excluding hydrogens is 228 g/mol. The summed E-state index contributed by atoms with van der Waals surface area (Å²) in [5.41, 5.74) is 8.08. The SMILES string of the molecule is CNC(C)(C)C(N)c1ccc(OC)c(C)c1OC. The van der Waals surface area contributed by atoms with Crippen LogP contribution in [0.3, 0.4) is 0 Å². The van der Waals surface area contributed by atoms with E-state index in [4.69, 9.17) is 15.2 Å². The summed E-state index contributed by atoms with van der Waals surface area (Å²) in [7, 11) is 5.21. The monoisotopic (exact) mass is 252 g/mol. The molecule has 4 nitrogen and oxygen atoms in total. The first-order valence-corrected chi connectivity index (χ1v) is 6.05. The molecule has 0 bridgehead atoms. The number of hydrogen-bond acceptors (Lipinski definition) is 4. The maximum atomic E-state index is 6.34. The predicted molar refractivity (Wildman–Crippen MR) is 74.4 cm³/mol. The maximum absolute atomic E-state index is 6.34.